The van der Waals surface area contributed by atoms with Gasteiger partial charge in [0.2, 0.25) is 0 Å². The van der Waals surface area contributed by atoms with Crippen molar-refractivity contribution in [1.82, 2.24) is 5.43 Å². The molecule has 6 heteroatoms. The average Bonchev–Trinajstić information content (AvgIpc) is 2.08. The number of nitroso groups, excluding NO2 is 1. The lowest BCUT2D eigenvalue weighted by Gasteiger charge is -2.14. The molecule has 0 saturated heterocycles. The molecule has 0 aromatic heterocycles. The number of benzene rings is 1. The predicted octanol–water partition coefficient (Wildman–Crippen LogP) is 3.51. The van der Waals surface area contributed by atoms with Gasteiger partial charge in [-0.05, 0) is 42.8 Å². The topological polar surface area (TPSA) is 58.1 Å². The number of nitrogens with one attached hydrogen (secondary N) is 1. The average molecular weight is 352 g/mol. The van der Waals surface area contributed by atoms with Crippen LogP contribution in [0.3, 0.4) is 0 Å². The van der Waals surface area contributed by atoms with E-state index in [2.05, 4.69) is 37.3 Å². The molecule has 88 valence electrons. The number of nitrogens with zero attached hydrogens (tertiary/aromatic N) is 1. The molecule has 1 rings (SSSR count). The van der Waals surface area contributed by atoms with Crippen molar-refractivity contribution >= 4 is 43.2 Å². The van der Waals surface area contributed by atoms with E-state index in [0.29, 0.717) is 20.7 Å². The molecule has 1 aromatic carbocycles. The van der Waals surface area contributed by atoms with Crippen LogP contribution in [0.15, 0.2) is 21.1 Å². The van der Waals surface area contributed by atoms with Crippen molar-refractivity contribution in [2.45, 2.75) is 26.3 Å². The molecule has 0 aliphatic rings. The van der Waals surface area contributed by atoms with Gasteiger partial charge in [-0.15, -0.1) is 5.43 Å². The molecule has 0 atom stereocenters. The summed E-state index contributed by atoms with van der Waals surface area (Å²) < 4.78 is 1.48. The summed E-state index contributed by atoms with van der Waals surface area (Å²) in [6, 6.07) is 3.47. The minimum absolute atomic E-state index is 0.316. The van der Waals surface area contributed by atoms with Gasteiger partial charge in [0.1, 0.15) is 5.69 Å². The van der Waals surface area contributed by atoms with Gasteiger partial charge in [0, 0.05) is 15.0 Å². The van der Waals surface area contributed by atoms with Crippen molar-refractivity contribution in [3.05, 3.63) is 26.0 Å². The number of nitrogen functional groups attached to an aromatic ring is 1. The van der Waals surface area contributed by atoms with Crippen LogP contribution in [-0.2, 0) is 0 Å². The van der Waals surface area contributed by atoms with Gasteiger partial charge in [-0.2, -0.15) is 0 Å². The summed E-state index contributed by atoms with van der Waals surface area (Å²) in [5, 5.41) is 0. The largest absolute Gasteiger partial charge is 0.392 e. The molecule has 4 nitrogen and oxygen atoms in total. The summed E-state index contributed by atoms with van der Waals surface area (Å²) in [4.78, 5) is 12.6. The molecule has 16 heavy (non-hydrogen) atoms. The Hall–Kier alpha value is -0.620. The smallest absolute Gasteiger partial charge is 0.316 e. The van der Waals surface area contributed by atoms with E-state index in [0.717, 1.165) is 4.47 Å². The van der Waals surface area contributed by atoms with Crippen molar-refractivity contribution in [3.63, 3.8) is 0 Å². The number of hydrogen-bond donors (Lipinski definition) is 2. The molecule has 0 saturated carbocycles. The van der Waals surface area contributed by atoms with Crippen molar-refractivity contribution in [3.8, 4) is 0 Å². The van der Waals surface area contributed by atoms with Crippen molar-refractivity contribution < 1.29 is 4.87 Å². The Kier molecular flexibility index (Phi) is 3.96. The highest BCUT2D eigenvalue weighted by Gasteiger charge is 2.26. The van der Waals surface area contributed by atoms with Crippen LogP contribution >= 0.6 is 31.9 Å². The van der Waals surface area contributed by atoms with Crippen LogP contribution in [0, 0.1) is 4.91 Å². The highest BCUT2D eigenvalue weighted by molar-refractivity contribution is 9.11. The number of nitrogens with two attached hydrogens (primary N) is 1. The number of rotatable bonds is 2. The molecule has 0 unspecified atom stereocenters. The van der Waals surface area contributed by atoms with Crippen LogP contribution in [-0.4, -0.2) is 10.4 Å². The third kappa shape index (κ3) is 3.45. The molecule has 0 fully saturated rings. The van der Waals surface area contributed by atoms with Crippen LogP contribution < -0.4 is 11.2 Å². The fraction of sp³-hybridized carbons (Fsp3) is 0.400. The fourth-order valence-electron chi connectivity index (χ4n) is 1.10. The normalized spacial score (nSPS) is 11.3. The van der Waals surface area contributed by atoms with Gasteiger partial charge in [0.25, 0.3) is 0 Å². The van der Waals surface area contributed by atoms with E-state index >= 15 is 0 Å². The number of hydrazine groups is 1. The number of hydrogen-bond acceptors (Lipinski definition) is 2. The lowest BCUT2D eigenvalue weighted by atomic mass is 10.1. The Balaban J connectivity index is 3.09. The first-order valence-electron chi connectivity index (χ1n) is 4.70. The molecule has 3 N–H and O–H groups in total. The van der Waals surface area contributed by atoms with Crippen molar-refractivity contribution in [1.29, 1.82) is 0 Å². The van der Waals surface area contributed by atoms with Gasteiger partial charge in [0.05, 0.1) is 10.4 Å². The summed E-state index contributed by atoms with van der Waals surface area (Å²) in [6.45, 7) is 5.71. The minimum Gasteiger partial charge on any atom is -0.392 e. The highest BCUT2D eigenvalue weighted by Crippen LogP contribution is 2.33. The van der Waals surface area contributed by atoms with Crippen molar-refractivity contribution in [2.24, 2.45) is 0 Å². The zero-order valence-electron chi connectivity index (χ0n) is 9.34. The first-order valence-corrected chi connectivity index (χ1v) is 6.29. The second-order valence-corrected chi connectivity index (χ2v) is 6.25. The fourth-order valence-corrected chi connectivity index (χ4v) is 2.31. The molecule has 0 aliphatic carbocycles. The maximum Gasteiger partial charge on any atom is 0.316 e. The first kappa shape index (κ1) is 13.4. The van der Waals surface area contributed by atoms with E-state index in [-0.39, 0.29) is 5.54 Å². The molecule has 0 heterocycles. The first-order chi connectivity index (χ1) is 7.20. The summed E-state index contributed by atoms with van der Waals surface area (Å²) in [5.74, 6) is 0. The third-order valence-corrected chi connectivity index (χ3v) is 2.84. The quantitative estimate of drug-likeness (QED) is 0.487. The summed E-state index contributed by atoms with van der Waals surface area (Å²) in [5.41, 5.74) is 9.09. The van der Waals surface area contributed by atoms with Crippen LogP contribution in [0.2, 0.25) is 0 Å². The molecule has 0 spiro atoms. The van der Waals surface area contributed by atoms with E-state index in [1.54, 1.807) is 12.1 Å². The Morgan fingerprint density at radius 1 is 1.31 bits per heavy atom. The summed E-state index contributed by atoms with van der Waals surface area (Å²) >= 11 is 6.61. The monoisotopic (exact) mass is 350 g/mol. The lowest BCUT2D eigenvalue weighted by molar-refractivity contribution is -0.541. The molecule has 0 amide bonds. The zero-order valence-corrected chi connectivity index (χ0v) is 12.5. The van der Waals surface area contributed by atoms with E-state index in [4.69, 9.17) is 5.73 Å². The van der Waals surface area contributed by atoms with Crippen LogP contribution in [0.25, 0.3) is 0 Å². The molecular formula is C10H14Br2N3O+. The summed E-state index contributed by atoms with van der Waals surface area (Å²) in [6.07, 6.45) is 0. The van der Waals surface area contributed by atoms with Gasteiger partial charge < -0.3 is 5.73 Å². The zero-order chi connectivity index (χ0) is 12.5. The van der Waals surface area contributed by atoms with Gasteiger partial charge in [-0.25, -0.2) is 0 Å². The van der Waals surface area contributed by atoms with Crippen LogP contribution in [0.1, 0.15) is 20.8 Å². The predicted molar refractivity (Wildman–Crippen MR) is 72.4 cm³/mol. The third-order valence-electron chi connectivity index (χ3n) is 1.73. The van der Waals surface area contributed by atoms with Crippen molar-refractivity contribution in [2.75, 3.05) is 5.73 Å². The number of halogens is 2. The van der Waals surface area contributed by atoms with Gasteiger partial charge in [0.15, 0.2) is 4.87 Å². The number of anilines is 1. The SMILES string of the molecule is CC(C)(C)N[N+](=O)c1cc(Br)cc(Br)c1N. The van der Waals surface area contributed by atoms with E-state index < -0.39 is 0 Å². The second kappa shape index (κ2) is 4.71. The maximum atomic E-state index is 11.9. The highest BCUT2D eigenvalue weighted by atomic mass is 79.9. The lowest BCUT2D eigenvalue weighted by Crippen LogP contribution is -2.40. The van der Waals surface area contributed by atoms with E-state index in [1.165, 1.54) is 0 Å². The van der Waals surface area contributed by atoms with Gasteiger partial charge in [-0.3, -0.25) is 0 Å². The van der Waals surface area contributed by atoms with E-state index in [9.17, 15) is 4.91 Å². The molecule has 1 aromatic rings. The summed E-state index contributed by atoms with van der Waals surface area (Å²) in [7, 11) is 0. The van der Waals surface area contributed by atoms with Crippen LogP contribution in [0.5, 0.6) is 0 Å². The van der Waals surface area contributed by atoms with E-state index in [1.807, 2.05) is 20.8 Å². The minimum atomic E-state index is -0.316. The molecule has 0 radical (unpaired) electrons. The Morgan fingerprint density at radius 2 is 1.88 bits per heavy atom. The van der Waals surface area contributed by atoms with Gasteiger partial charge in [-0.1, -0.05) is 15.9 Å². The molecule has 0 bridgehead atoms. The Morgan fingerprint density at radius 3 is 2.38 bits per heavy atom. The van der Waals surface area contributed by atoms with Crippen LogP contribution in [0.4, 0.5) is 11.4 Å². The molecular weight excluding hydrogens is 338 g/mol. The standard InChI is InChI=1S/C10H14Br2N3O/c1-10(2,3)14-15(16)8-5-6(11)4-7(12)9(8)13/h4-5H,13H2,1-3H3,(H,14,16)/q+1. The second-order valence-electron chi connectivity index (χ2n) is 4.48. The molecule has 0 aliphatic heterocycles. The van der Waals surface area contributed by atoms with Gasteiger partial charge >= 0.3 is 5.69 Å². The maximum absolute atomic E-state index is 11.9. The Bertz CT molecular complexity index is 427. The Labute approximate surface area is 111 Å².